The highest BCUT2D eigenvalue weighted by atomic mass is 16.2. The monoisotopic (exact) mass is 221 g/mol. The standard InChI is InChI=1S/C12H19N3O/c1-4-15(5-2)12(16)14-11-9(3)7-6-8-10(11)13/h6-8H,4-5,13H2,1-3H3,(H,14,16). The zero-order valence-electron chi connectivity index (χ0n) is 10.1. The molecule has 0 aliphatic rings. The number of anilines is 2. The van der Waals surface area contributed by atoms with Crippen molar-refractivity contribution >= 4 is 17.4 Å². The average Bonchev–Trinajstić information content (AvgIpc) is 2.25. The summed E-state index contributed by atoms with van der Waals surface area (Å²) in [6, 6.07) is 5.47. The normalized spacial score (nSPS) is 9.94. The maximum Gasteiger partial charge on any atom is 0.321 e. The van der Waals surface area contributed by atoms with Crippen molar-refractivity contribution in [1.82, 2.24) is 4.90 Å². The minimum atomic E-state index is -0.106. The molecule has 0 atom stereocenters. The summed E-state index contributed by atoms with van der Waals surface area (Å²) < 4.78 is 0. The van der Waals surface area contributed by atoms with Crippen LogP contribution in [0.4, 0.5) is 16.2 Å². The van der Waals surface area contributed by atoms with Crippen LogP contribution < -0.4 is 11.1 Å². The van der Waals surface area contributed by atoms with Gasteiger partial charge in [-0.2, -0.15) is 0 Å². The molecule has 0 spiro atoms. The molecule has 0 heterocycles. The maximum atomic E-state index is 11.8. The first-order chi connectivity index (χ1) is 7.60. The first-order valence-corrected chi connectivity index (χ1v) is 5.51. The van der Waals surface area contributed by atoms with E-state index >= 15 is 0 Å². The van der Waals surface area contributed by atoms with Crippen LogP contribution in [0.15, 0.2) is 18.2 Å². The van der Waals surface area contributed by atoms with Crippen LogP contribution in [0.25, 0.3) is 0 Å². The Balaban J connectivity index is 2.84. The van der Waals surface area contributed by atoms with Crippen LogP contribution in [0.1, 0.15) is 19.4 Å². The fourth-order valence-electron chi connectivity index (χ4n) is 1.56. The van der Waals surface area contributed by atoms with Crippen LogP contribution in [0.5, 0.6) is 0 Å². The molecule has 1 aromatic rings. The number of amides is 2. The Bertz CT molecular complexity index is 352. The van der Waals surface area contributed by atoms with Crippen LogP contribution in [-0.2, 0) is 0 Å². The molecule has 0 unspecified atom stereocenters. The molecule has 0 radical (unpaired) electrons. The molecule has 16 heavy (non-hydrogen) atoms. The number of hydrogen-bond donors (Lipinski definition) is 2. The highest BCUT2D eigenvalue weighted by molar-refractivity contribution is 5.93. The van der Waals surface area contributed by atoms with E-state index in [1.807, 2.05) is 32.9 Å². The molecule has 1 rings (SSSR count). The summed E-state index contributed by atoms with van der Waals surface area (Å²) in [5.74, 6) is 0. The van der Waals surface area contributed by atoms with E-state index in [-0.39, 0.29) is 6.03 Å². The molecule has 0 aromatic heterocycles. The van der Waals surface area contributed by atoms with Crippen molar-refractivity contribution in [2.45, 2.75) is 20.8 Å². The van der Waals surface area contributed by atoms with Gasteiger partial charge in [0.25, 0.3) is 0 Å². The minimum Gasteiger partial charge on any atom is -0.397 e. The molecule has 3 N–H and O–H groups in total. The van der Waals surface area contributed by atoms with Gasteiger partial charge in [0, 0.05) is 13.1 Å². The van der Waals surface area contributed by atoms with Gasteiger partial charge in [-0.15, -0.1) is 0 Å². The number of nitrogens with two attached hydrogens (primary N) is 1. The van der Waals surface area contributed by atoms with Crippen LogP contribution >= 0.6 is 0 Å². The number of aryl methyl sites for hydroxylation is 1. The summed E-state index contributed by atoms with van der Waals surface area (Å²) in [4.78, 5) is 13.6. The van der Waals surface area contributed by atoms with E-state index in [2.05, 4.69) is 5.32 Å². The lowest BCUT2D eigenvalue weighted by atomic mass is 10.2. The number of nitrogen functional groups attached to an aromatic ring is 1. The summed E-state index contributed by atoms with van der Waals surface area (Å²) in [6.07, 6.45) is 0. The van der Waals surface area contributed by atoms with Gasteiger partial charge in [0.05, 0.1) is 11.4 Å². The van der Waals surface area contributed by atoms with Gasteiger partial charge in [-0.1, -0.05) is 12.1 Å². The number of carbonyl (C=O) groups excluding carboxylic acids is 1. The summed E-state index contributed by atoms with van der Waals surface area (Å²) >= 11 is 0. The SMILES string of the molecule is CCN(CC)C(=O)Nc1c(C)cccc1N. The smallest absolute Gasteiger partial charge is 0.321 e. The lowest BCUT2D eigenvalue weighted by Crippen LogP contribution is -2.34. The van der Waals surface area contributed by atoms with E-state index in [1.165, 1.54) is 0 Å². The third-order valence-corrected chi connectivity index (χ3v) is 2.59. The molecule has 4 nitrogen and oxygen atoms in total. The number of urea groups is 1. The van der Waals surface area contributed by atoms with E-state index in [0.29, 0.717) is 24.5 Å². The van der Waals surface area contributed by atoms with E-state index in [9.17, 15) is 4.79 Å². The largest absolute Gasteiger partial charge is 0.397 e. The Hall–Kier alpha value is -1.71. The lowest BCUT2D eigenvalue weighted by Gasteiger charge is -2.20. The summed E-state index contributed by atoms with van der Waals surface area (Å²) in [5.41, 5.74) is 8.10. The molecule has 0 saturated heterocycles. The third kappa shape index (κ3) is 2.66. The van der Waals surface area contributed by atoms with Crippen molar-refractivity contribution < 1.29 is 4.79 Å². The zero-order valence-corrected chi connectivity index (χ0v) is 10.1. The molecule has 0 fully saturated rings. The molecule has 0 bridgehead atoms. The second-order valence-corrected chi connectivity index (χ2v) is 3.64. The number of para-hydroxylation sites is 1. The zero-order chi connectivity index (χ0) is 12.1. The van der Waals surface area contributed by atoms with Crippen molar-refractivity contribution in [3.8, 4) is 0 Å². The molecule has 0 aliphatic carbocycles. The fraction of sp³-hybridized carbons (Fsp3) is 0.417. The number of benzene rings is 1. The van der Waals surface area contributed by atoms with Crippen LogP contribution in [-0.4, -0.2) is 24.0 Å². The van der Waals surface area contributed by atoms with Crippen molar-refractivity contribution in [3.05, 3.63) is 23.8 Å². The van der Waals surface area contributed by atoms with Crippen molar-refractivity contribution in [1.29, 1.82) is 0 Å². The molecular formula is C12H19N3O. The Labute approximate surface area is 96.4 Å². The lowest BCUT2D eigenvalue weighted by molar-refractivity contribution is 0.217. The van der Waals surface area contributed by atoms with Gasteiger partial charge in [0.15, 0.2) is 0 Å². The summed E-state index contributed by atoms with van der Waals surface area (Å²) in [6.45, 7) is 7.20. The molecule has 0 aliphatic heterocycles. The van der Waals surface area contributed by atoms with Gasteiger partial charge in [-0.25, -0.2) is 4.79 Å². The Kier molecular flexibility index (Phi) is 4.17. The number of rotatable bonds is 3. The Morgan fingerprint density at radius 2 is 2.00 bits per heavy atom. The van der Waals surface area contributed by atoms with E-state index < -0.39 is 0 Å². The van der Waals surface area contributed by atoms with E-state index in [4.69, 9.17) is 5.73 Å². The number of carbonyl (C=O) groups is 1. The number of hydrogen-bond acceptors (Lipinski definition) is 2. The van der Waals surface area contributed by atoms with Crippen molar-refractivity contribution in [2.75, 3.05) is 24.1 Å². The summed E-state index contributed by atoms with van der Waals surface area (Å²) in [7, 11) is 0. The number of nitrogens with zero attached hydrogens (tertiary/aromatic N) is 1. The third-order valence-electron chi connectivity index (χ3n) is 2.59. The molecule has 88 valence electrons. The first kappa shape index (κ1) is 12.4. The van der Waals surface area contributed by atoms with Gasteiger partial charge in [0.1, 0.15) is 0 Å². The first-order valence-electron chi connectivity index (χ1n) is 5.51. The highest BCUT2D eigenvalue weighted by Gasteiger charge is 2.12. The van der Waals surface area contributed by atoms with E-state index in [1.54, 1.807) is 11.0 Å². The summed E-state index contributed by atoms with van der Waals surface area (Å²) in [5, 5.41) is 2.84. The quantitative estimate of drug-likeness (QED) is 0.770. The maximum absolute atomic E-state index is 11.8. The number of nitrogens with one attached hydrogen (secondary N) is 1. The molecule has 1 aromatic carbocycles. The second kappa shape index (κ2) is 5.39. The van der Waals surface area contributed by atoms with Gasteiger partial charge in [0.2, 0.25) is 0 Å². The van der Waals surface area contributed by atoms with Crippen molar-refractivity contribution in [3.63, 3.8) is 0 Å². The van der Waals surface area contributed by atoms with Gasteiger partial charge < -0.3 is 16.0 Å². The van der Waals surface area contributed by atoms with Gasteiger partial charge in [-0.3, -0.25) is 0 Å². The van der Waals surface area contributed by atoms with Gasteiger partial charge in [-0.05, 0) is 32.4 Å². The Morgan fingerprint density at radius 1 is 1.38 bits per heavy atom. The second-order valence-electron chi connectivity index (χ2n) is 3.64. The van der Waals surface area contributed by atoms with Crippen LogP contribution in [0.2, 0.25) is 0 Å². The molecule has 4 heteroatoms. The van der Waals surface area contributed by atoms with Crippen molar-refractivity contribution in [2.24, 2.45) is 0 Å². The van der Waals surface area contributed by atoms with Gasteiger partial charge >= 0.3 is 6.03 Å². The van der Waals surface area contributed by atoms with Crippen LogP contribution in [0, 0.1) is 6.92 Å². The predicted molar refractivity (Wildman–Crippen MR) is 67.5 cm³/mol. The topological polar surface area (TPSA) is 58.4 Å². The molecule has 2 amide bonds. The minimum absolute atomic E-state index is 0.106. The fourth-order valence-corrected chi connectivity index (χ4v) is 1.56. The van der Waals surface area contributed by atoms with Crippen LogP contribution in [0.3, 0.4) is 0 Å². The average molecular weight is 221 g/mol. The molecule has 0 saturated carbocycles. The predicted octanol–water partition coefficient (Wildman–Crippen LogP) is 2.45. The Morgan fingerprint density at radius 3 is 2.50 bits per heavy atom. The highest BCUT2D eigenvalue weighted by Crippen LogP contribution is 2.22. The van der Waals surface area contributed by atoms with E-state index in [0.717, 1.165) is 5.56 Å². The molecular weight excluding hydrogens is 202 g/mol.